The van der Waals surface area contributed by atoms with Crippen LogP contribution in [0.15, 0.2) is 34.8 Å². The van der Waals surface area contributed by atoms with Gasteiger partial charge >= 0.3 is 0 Å². The van der Waals surface area contributed by atoms with Gasteiger partial charge in [0, 0.05) is 16.1 Å². The van der Waals surface area contributed by atoms with Crippen LogP contribution in [0.2, 0.25) is 0 Å². The summed E-state index contributed by atoms with van der Waals surface area (Å²) in [5.74, 6) is 0.690. The second kappa shape index (κ2) is 3.34. The number of carbonyl (C=O) groups excluding carboxylic acids is 1. The molecule has 1 aromatic carbocycles. The average Bonchev–Trinajstić information content (AvgIpc) is 2.53. The second-order valence-electron chi connectivity index (χ2n) is 2.77. The highest BCUT2D eigenvalue weighted by Crippen LogP contribution is 2.21. The third kappa shape index (κ3) is 1.80. The van der Waals surface area contributed by atoms with Crippen LogP contribution < -0.4 is 0 Å². The third-order valence-corrected chi connectivity index (χ3v) is 2.32. The number of rotatable bonds is 1. The summed E-state index contributed by atoms with van der Waals surface area (Å²) in [6.07, 6.45) is 1.53. The van der Waals surface area contributed by atoms with Gasteiger partial charge in [-0.15, -0.1) is 0 Å². The first-order valence-electron chi connectivity index (χ1n) is 3.89. The van der Waals surface area contributed by atoms with Crippen molar-refractivity contribution >= 4 is 27.5 Å². The summed E-state index contributed by atoms with van der Waals surface area (Å²) in [6.45, 7) is 0.172. The Morgan fingerprint density at radius 2 is 1.92 bits per heavy atom. The normalized spacial score (nSPS) is 15.5. The molecule has 3 heteroatoms. The van der Waals surface area contributed by atoms with Crippen molar-refractivity contribution in [3.05, 3.63) is 40.4 Å². The van der Waals surface area contributed by atoms with Crippen LogP contribution in [0.5, 0.6) is 0 Å². The maximum absolute atomic E-state index is 10.9. The zero-order chi connectivity index (χ0) is 9.26. The monoisotopic (exact) mass is 238 g/mol. The highest BCUT2D eigenvalue weighted by molar-refractivity contribution is 9.10. The minimum atomic E-state index is 0.0259. The first-order valence-corrected chi connectivity index (χ1v) is 4.68. The van der Waals surface area contributed by atoms with Gasteiger partial charge in [-0.3, -0.25) is 4.79 Å². The van der Waals surface area contributed by atoms with Gasteiger partial charge in [0.1, 0.15) is 5.76 Å². The van der Waals surface area contributed by atoms with Crippen LogP contribution >= 0.6 is 15.9 Å². The average molecular weight is 239 g/mol. The zero-order valence-corrected chi connectivity index (χ0v) is 8.37. The Kier molecular flexibility index (Phi) is 2.19. The Morgan fingerprint density at radius 1 is 1.23 bits per heavy atom. The first-order chi connectivity index (χ1) is 6.25. The van der Waals surface area contributed by atoms with E-state index in [4.69, 9.17) is 4.74 Å². The molecule has 0 amide bonds. The maximum Gasteiger partial charge on any atom is 0.196 e. The summed E-state index contributed by atoms with van der Waals surface area (Å²) in [5.41, 5.74) is 0.939. The number of carbonyl (C=O) groups is 1. The SMILES string of the molecule is O=C1C=C(c2ccc(Br)cc2)OC1. The van der Waals surface area contributed by atoms with Crippen molar-refractivity contribution in [1.29, 1.82) is 0 Å². The molecule has 1 heterocycles. The van der Waals surface area contributed by atoms with Gasteiger partial charge in [0.25, 0.3) is 0 Å². The molecule has 0 atom stereocenters. The number of ether oxygens (including phenoxy) is 1. The van der Waals surface area contributed by atoms with E-state index >= 15 is 0 Å². The van der Waals surface area contributed by atoms with Crippen LogP contribution in [-0.2, 0) is 9.53 Å². The molecule has 1 aromatic rings. The van der Waals surface area contributed by atoms with Crippen LogP contribution in [0.3, 0.4) is 0 Å². The van der Waals surface area contributed by atoms with Crippen LogP contribution in [0, 0.1) is 0 Å². The van der Waals surface area contributed by atoms with E-state index < -0.39 is 0 Å². The fourth-order valence-electron chi connectivity index (χ4n) is 1.16. The van der Waals surface area contributed by atoms with Crippen molar-refractivity contribution in [3.63, 3.8) is 0 Å². The predicted molar refractivity (Wildman–Crippen MR) is 53.1 cm³/mol. The summed E-state index contributed by atoms with van der Waals surface area (Å²) in [6, 6.07) is 7.66. The molecule has 0 bridgehead atoms. The minimum Gasteiger partial charge on any atom is -0.485 e. The van der Waals surface area contributed by atoms with Crippen molar-refractivity contribution in [2.45, 2.75) is 0 Å². The third-order valence-electron chi connectivity index (χ3n) is 1.79. The summed E-state index contributed by atoms with van der Waals surface area (Å²) >= 11 is 3.34. The molecular formula is C10H7BrO2. The molecular weight excluding hydrogens is 232 g/mol. The Labute approximate surface area is 84.3 Å². The van der Waals surface area contributed by atoms with Gasteiger partial charge in [0.05, 0.1) is 0 Å². The van der Waals surface area contributed by atoms with E-state index in [1.54, 1.807) is 0 Å². The Bertz CT molecular complexity index is 365. The lowest BCUT2D eigenvalue weighted by Gasteiger charge is -2.01. The molecule has 0 aromatic heterocycles. The molecule has 0 unspecified atom stereocenters. The summed E-state index contributed by atoms with van der Waals surface area (Å²) < 4.78 is 6.20. The molecule has 2 nitrogen and oxygen atoms in total. The Hall–Kier alpha value is -1.09. The largest absolute Gasteiger partial charge is 0.485 e. The van der Waals surface area contributed by atoms with Gasteiger partial charge in [-0.2, -0.15) is 0 Å². The van der Waals surface area contributed by atoms with Crippen molar-refractivity contribution < 1.29 is 9.53 Å². The Balaban J connectivity index is 2.31. The number of hydrogen-bond donors (Lipinski definition) is 0. The molecule has 0 saturated heterocycles. The standard InChI is InChI=1S/C10H7BrO2/c11-8-3-1-7(2-4-8)10-5-9(12)6-13-10/h1-5H,6H2. The first kappa shape index (κ1) is 8.51. The van der Waals surface area contributed by atoms with E-state index in [1.807, 2.05) is 24.3 Å². The molecule has 0 aliphatic carbocycles. The highest BCUT2D eigenvalue weighted by Gasteiger charge is 2.14. The molecule has 1 aliphatic rings. The fraction of sp³-hybridized carbons (Fsp3) is 0.100. The van der Waals surface area contributed by atoms with Crippen LogP contribution in [-0.4, -0.2) is 12.4 Å². The number of halogens is 1. The highest BCUT2D eigenvalue weighted by atomic mass is 79.9. The molecule has 0 radical (unpaired) electrons. The van der Waals surface area contributed by atoms with E-state index in [0.717, 1.165) is 10.0 Å². The minimum absolute atomic E-state index is 0.0259. The van der Waals surface area contributed by atoms with Crippen molar-refractivity contribution in [2.24, 2.45) is 0 Å². The number of hydrogen-bond acceptors (Lipinski definition) is 2. The van der Waals surface area contributed by atoms with E-state index in [2.05, 4.69) is 15.9 Å². The van der Waals surface area contributed by atoms with Gasteiger partial charge in [0.15, 0.2) is 12.4 Å². The quantitative estimate of drug-likeness (QED) is 0.752. The van der Waals surface area contributed by atoms with Gasteiger partial charge in [-0.05, 0) is 12.1 Å². The molecule has 13 heavy (non-hydrogen) atoms. The van der Waals surface area contributed by atoms with Crippen molar-refractivity contribution in [2.75, 3.05) is 6.61 Å². The molecule has 1 aliphatic heterocycles. The van der Waals surface area contributed by atoms with Gasteiger partial charge < -0.3 is 4.74 Å². The Morgan fingerprint density at radius 3 is 2.46 bits per heavy atom. The zero-order valence-electron chi connectivity index (χ0n) is 6.79. The molecule has 0 N–H and O–H groups in total. The van der Waals surface area contributed by atoms with E-state index in [-0.39, 0.29) is 12.4 Å². The molecule has 66 valence electrons. The van der Waals surface area contributed by atoms with Gasteiger partial charge in [0.2, 0.25) is 0 Å². The lowest BCUT2D eigenvalue weighted by molar-refractivity contribution is -0.115. The predicted octanol–water partition coefficient (Wildman–Crippen LogP) is 2.39. The topological polar surface area (TPSA) is 26.3 Å². The van der Waals surface area contributed by atoms with Crippen LogP contribution in [0.4, 0.5) is 0 Å². The van der Waals surface area contributed by atoms with Crippen LogP contribution in [0.1, 0.15) is 5.56 Å². The van der Waals surface area contributed by atoms with E-state index in [1.165, 1.54) is 6.08 Å². The van der Waals surface area contributed by atoms with Gasteiger partial charge in [-0.25, -0.2) is 0 Å². The lowest BCUT2D eigenvalue weighted by atomic mass is 10.2. The van der Waals surface area contributed by atoms with Gasteiger partial charge in [-0.1, -0.05) is 28.1 Å². The molecule has 2 rings (SSSR count). The smallest absolute Gasteiger partial charge is 0.196 e. The summed E-state index contributed by atoms with van der Waals surface area (Å²) in [4.78, 5) is 10.9. The van der Waals surface area contributed by atoms with E-state index in [9.17, 15) is 4.79 Å². The number of ketones is 1. The second-order valence-corrected chi connectivity index (χ2v) is 3.69. The van der Waals surface area contributed by atoms with Crippen LogP contribution in [0.25, 0.3) is 5.76 Å². The summed E-state index contributed by atoms with van der Waals surface area (Å²) in [5, 5.41) is 0. The molecule has 0 fully saturated rings. The lowest BCUT2D eigenvalue weighted by Crippen LogP contribution is -1.92. The summed E-state index contributed by atoms with van der Waals surface area (Å²) in [7, 11) is 0. The number of benzene rings is 1. The maximum atomic E-state index is 10.9. The van der Waals surface area contributed by atoms with Crippen molar-refractivity contribution in [1.82, 2.24) is 0 Å². The van der Waals surface area contributed by atoms with Crippen molar-refractivity contribution in [3.8, 4) is 0 Å². The van der Waals surface area contributed by atoms with E-state index in [0.29, 0.717) is 5.76 Å². The molecule has 0 saturated carbocycles. The molecule has 0 spiro atoms. The fourth-order valence-corrected chi connectivity index (χ4v) is 1.42.